The minimum atomic E-state index is -3.20. The van der Waals surface area contributed by atoms with Crippen molar-refractivity contribution in [1.29, 1.82) is 0 Å². The molecule has 2 aliphatic heterocycles. The highest BCUT2D eigenvalue weighted by Crippen LogP contribution is 2.35. The summed E-state index contributed by atoms with van der Waals surface area (Å²) in [5, 5.41) is 3.19. The molecule has 0 radical (unpaired) electrons. The van der Waals surface area contributed by atoms with E-state index < -0.39 is 10.0 Å². The van der Waals surface area contributed by atoms with Gasteiger partial charge in [0.15, 0.2) is 0 Å². The molecule has 2 aliphatic rings. The van der Waals surface area contributed by atoms with Crippen LogP contribution in [-0.4, -0.2) is 46.2 Å². The molecule has 1 N–H and O–H groups in total. The van der Waals surface area contributed by atoms with Crippen LogP contribution in [0, 0.1) is 5.92 Å². The second-order valence-electron chi connectivity index (χ2n) is 6.64. The lowest BCUT2D eigenvalue weighted by molar-refractivity contribution is 0.367. The topological polar surface area (TPSA) is 71.0 Å². The highest BCUT2D eigenvalue weighted by Gasteiger charge is 2.31. The molecule has 1 saturated heterocycles. The zero-order valence-electron chi connectivity index (χ0n) is 14.3. The van der Waals surface area contributed by atoms with Gasteiger partial charge in [-0.15, -0.1) is 0 Å². The maximum Gasteiger partial charge on any atom is 0.235 e. The normalized spacial score (nSPS) is 19.5. The van der Waals surface area contributed by atoms with Gasteiger partial charge in [0.05, 0.1) is 18.0 Å². The lowest BCUT2D eigenvalue weighted by Crippen LogP contribution is -2.27. The summed E-state index contributed by atoms with van der Waals surface area (Å²) >= 11 is 0. The van der Waals surface area contributed by atoms with Crippen molar-refractivity contribution in [2.45, 2.75) is 26.7 Å². The second kappa shape index (κ2) is 7.01. The fourth-order valence-corrected chi connectivity index (χ4v) is 4.73. The fourth-order valence-electron chi connectivity index (χ4n) is 3.14. The molecule has 1 aromatic carbocycles. The van der Waals surface area contributed by atoms with E-state index in [4.69, 9.17) is 4.74 Å². The first kappa shape index (κ1) is 17.1. The third-order valence-electron chi connectivity index (χ3n) is 4.20. The maximum atomic E-state index is 12.3. The third-order valence-corrected chi connectivity index (χ3v) is 6.05. The molecule has 0 saturated carbocycles. The highest BCUT2D eigenvalue weighted by atomic mass is 32.2. The summed E-state index contributed by atoms with van der Waals surface area (Å²) in [6.45, 7) is 6.82. The Morgan fingerprint density at radius 1 is 1.38 bits per heavy atom. The maximum absolute atomic E-state index is 12.3. The molecule has 0 bridgehead atoms. The molecule has 132 valence electrons. The van der Waals surface area contributed by atoms with Crippen molar-refractivity contribution in [3.63, 3.8) is 0 Å². The predicted octanol–water partition coefficient (Wildman–Crippen LogP) is 1.81. The zero-order chi connectivity index (χ0) is 17.2. The Balaban J connectivity index is 1.91. The molecule has 0 atom stereocenters. The molecular formula is C17H25N3O3S. The van der Waals surface area contributed by atoms with E-state index in [0.717, 1.165) is 42.3 Å². The van der Waals surface area contributed by atoms with Gasteiger partial charge in [-0.25, -0.2) is 8.42 Å². The minimum Gasteiger partial charge on any atom is -0.485 e. The lowest BCUT2D eigenvalue weighted by atomic mass is 10.00. The van der Waals surface area contributed by atoms with Gasteiger partial charge in [0.1, 0.15) is 18.2 Å². The van der Waals surface area contributed by atoms with E-state index in [-0.39, 0.29) is 5.75 Å². The standard InChI is InChI=1S/C17H25N3O3S/c1-13(2)11-14-15(20-9-4-10-24(20,21)22)5-3-6-16(14)23-12-17-18-7-8-19-17/h3,5-6,13H,4,7-12H2,1-2H3,(H,18,19). The van der Waals surface area contributed by atoms with Crippen LogP contribution in [0.5, 0.6) is 5.75 Å². The molecule has 0 amide bonds. The first-order valence-electron chi connectivity index (χ1n) is 8.49. The molecule has 0 unspecified atom stereocenters. The van der Waals surface area contributed by atoms with Crippen LogP contribution in [0.1, 0.15) is 25.8 Å². The van der Waals surface area contributed by atoms with Crippen LogP contribution >= 0.6 is 0 Å². The summed E-state index contributed by atoms with van der Waals surface area (Å²) in [4.78, 5) is 4.34. The summed E-state index contributed by atoms with van der Waals surface area (Å²) < 4.78 is 32.2. The van der Waals surface area contributed by atoms with Crippen LogP contribution < -0.4 is 14.4 Å². The molecule has 0 aromatic heterocycles. The minimum absolute atomic E-state index is 0.222. The number of amidine groups is 1. The smallest absolute Gasteiger partial charge is 0.235 e. The summed E-state index contributed by atoms with van der Waals surface area (Å²) in [6.07, 6.45) is 1.45. The van der Waals surface area contributed by atoms with Gasteiger partial charge in [0.25, 0.3) is 0 Å². The van der Waals surface area contributed by atoms with Crippen LogP contribution in [0.3, 0.4) is 0 Å². The summed E-state index contributed by atoms with van der Waals surface area (Å²) in [7, 11) is -3.20. The van der Waals surface area contributed by atoms with E-state index in [0.29, 0.717) is 25.5 Å². The van der Waals surface area contributed by atoms with E-state index in [1.165, 1.54) is 0 Å². The first-order valence-corrected chi connectivity index (χ1v) is 10.1. The van der Waals surface area contributed by atoms with Crippen molar-refractivity contribution >= 4 is 21.5 Å². The SMILES string of the molecule is CC(C)Cc1c(OCC2=NCCN2)cccc1N1CCCS1(=O)=O. The Kier molecular flexibility index (Phi) is 4.99. The van der Waals surface area contributed by atoms with Crippen LogP contribution in [0.4, 0.5) is 5.69 Å². The van der Waals surface area contributed by atoms with Crippen LogP contribution in [0.15, 0.2) is 23.2 Å². The molecule has 3 rings (SSSR count). The van der Waals surface area contributed by atoms with Gasteiger partial charge in [-0.05, 0) is 30.9 Å². The number of anilines is 1. The van der Waals surface area contributed by atoms with Crippen molar-refractivity contribution in [3.05, 3.63) is 23.8 Å². The zero-order valence-corrected chi connectivity index (χ0v) is 15.1. The first-order chi connectivity index (χ1) is 11.5. The van der Waals surface area contributed by atoms with Gasteiger partial charge < -0.3 is 10.1 Å². The number of hydrogen-bond acceptors (Lipinski definition) is 5. The number of hydrogen-bond donors (Lipinski definition) is 1. The Morgan fingerprint density at radius 2 is 2.21 bits per heavy atom. The summed E-state index contributed by atoms with van der Waals surface area (Å²) in [5.41, 5.74) is 1.73. The van der Waals surface area contributed by atoms with Gasteiger partial charge in [-0.1, -0.05) is 19.9 Å². The molecule has 0 spiro atoms. The monoisotopic (exact) mass is 351 g/mol. The van der Waals surface area contributed by atoms with Gasteiger partial charge in [0, 0.05) is 18.7 Å². The molecule has 24 heavy (non-hydrogen) atoms. The van der Waals surface area contributed by atoms with Crippen molar-refractivity contribution in [3.8, 4) is 5.75 Å². The molecule has 2 heterocycles. The number of rotatable bonds is 6. The van der Waals surface area contributed by atoms with Crippen LogP contribution in [-0.2, 0) is 16.4 Å². The number of nitrogens with zero attached hydrogens (tertiary/aromatic N) is 2. The van der Waals surface area contributed by atoms with E-state index in [1.54, 1.807) is 4.31 Å². The van der Waals surface area contributed by atoms with Gasteiger partial charge in [0.2, 0.25) is 10.0 Å². The highest BCUT2D eigenvalue weighted by molar-refractivity contribution is 7.93. The quantitative estimate of drug-likeness (QED) is 0.848. The summed E-state index contributed by atoms with van der Waals surface area (Å²) in [6, 6.07) is 5.67. The number of sulfonamides is 1. The molecule has 6 nitrogen and oxygen atoms in total. The Hall–Kier alpha value is -1.76. The molecule has 7 heteroatoms. The largest absolute Gasteiger partial charge is 0.485 e. The van der Waals surface area contributed by atoms with Crippen molar-refractivity contribution in [2.24, 2.45) is 10.9 Å². The lowest BCUT2D eigenvalue weighted by Gasteiger charge is -2.23. The predicted molar refractivity (Wildman–Crippen MR) is 96.5 cm³/mol. The van der Waals surface area contributed by atoms with Crippen molar-refractivity contribution < 1.29 is 13.2 Å². The average molecular weight is 351 g/mol. The van der Waals surface area contributed by atoms with Crippen molar-refractivity contribution in [2.75, 3.05) is 36.3 Å². The third kappa shape index (κ3) is 3.66. The van der Waals surface area contributed by atoms with Crippen LogP contribution in [0.2, 0.25) is 0 Å². The van der Waals surface area contributed by atoms with E-state index >= 15 is 0 Å². The van der Waals surface area contributed by atoms with Crippen LogP contribution in [0.25, 0.3) is 0 Å². The van der Waals surface area contributed by atoms with Crippen molar-refractivity contribution in [1.82, 2.24) is 5.32 Å². The fraction of sp³-hybridized carbons (Fsp3) is 0.588. The Labute approximate surface area is 144 Å². The second-order valence-corrected chi connectivity index (χ2v) is 8.65. The molecule has 1 fully saturated rings. The van der Waals surface area contributed by atoms with E-state index in [1.807, 2.05) is 18.2 Å². The van der Waals surface area contributed by atoms with Gasteiger partial charge >= 0.3 is 0 Å². The molecule has 0 aliphatic carbocycles. The van der Waals surface area contributed by atoms with E-state index in [9.17, 15) is 8.42 Å². The number of nitrogens with one attached hydrogen (secondary N) is 1. The number of benzene rings is 1. The average Bonchev–Trinajstić information content (AvgIpc) is 3.15. The number of ether oxygens (including phenoxy) is 1. The number of aliphatic imine (C=N–C) groups is 1. The van der Waals surface area contributed by atoms with Gasteiger partial charge in [-0.3, -0.25) is 9.30 Å². The Morgan fingerprint density at radius 3 is 2.83 bits per heavy atom. The van der Waals surface area contributed by atoms with Gasteiger partial charge in [-0.2, -0.15) is 0 Å². The summed E-state index contributed by atoms with van der Waals surface area (Å²) in [5.74, 6) is 2.23. The molecule has 1 aromatic rings. The van der Waals surface area contributed by atoms with E-state index in [2.05, 4.69) is 24.2 Å². The Bertz CT molecular complexity index is 729. The molecular weight excluding hydrogens is 326 g/mol.